The van der Waals surface area contributed by atoms with Crippen molar-refractivity contribution < 1.29 is 19.1 Å². The molecule has 5 nitrogen and oxygen atoms in total. The molecule has 0 aliphatic rings. The summed E-state index contributed by atoms with van der Waals surface area (Å²) in [5.41, 5.74) is 0.991. The quantitative estimate of drug-likeness (QED) is 0.780. The van der Waals surface area contributed by atoms with Crippen molar-refractivity contribution in [2.45, 2.75) is 6.92 Å². The van der Waals surface area contributed by atoms with Gasteiger partial charge in [0.25, 0.3) is 5.91 Å². The summed E-state index contributed by atoms with van der Waals surface area (Å²) >= 11 is 3.31. The number of halogens is 1. The monoisotopic (exact) mass is 377 g/mol. The number of hydrogen-bond donors (Lipinski definition) is 1. The summed E-state index contributed by atoms with van der Waals surface area (Å²) in [5, 5.41) is 2.65. The fraction of sp³-hybridized carbons (Fsp3) is 0.176. The smallest absolute Gasteiger partial charge is 0.338 e. The number of carbonyl (C=O) groups is 2. The first-order chi connectivity index (χ1) is 11.1. The van der Waals surface area contributed by atoms with Crippen molar-refractivity contribution >= 4 is 33.5 Å². The lowest BCUT2D eigenvalue weighted by molar-refractivity contribution is -0.119. The first-order valence-electron chi connectivity index (χ1n) is 7.04. The second-order valence-corrected chi connectivity index (χ2v) is 5.51. The highest BCUT2D eigenvalue weighted by Gasteiger charge is 2.10. The van der Waals surface area contributed by atoms with E-state index in [0.29, 0.717) is 23.6 Å². The highest BCUT2D eigenvalue weighted by Crippen LogP contribution is 2.16. The van der Waals surface area contributed by atoms with E-state index in [9.17, 15) is 9.59 Å². The van der Waals surface area contributed by atoms with E-state index in [1.165, 1.54) is 0 Å². The van der Waals surface area contributed by atoms with Crippen molar-refractivity contribution in [3.05, 3.63) is 58.6 Å². The Morgan fingerprint density at radius 3 is 2.52 bits per heavy atom. The number of anilines is 1. The number of nitrogens with one attached hydrogen (secondary N) is 1. The first kappa shape index (κ1) is 17.0. The molecule has 0 bridgehead atoms. The minimum Gasteiger partial charge on any atom is -0.494 e. The van der Waals surface area contributed by atoms with E-state index >= 15 is 0 Å². The molecule has 0 saturated carbocycles. The molecule has 1 amide bonds. The van der Waals surface area contributed by atoms with Crippen molar-refractivity contribution in [1.82, 2.24) is 0 Å². The molecule has 1 N–H and O–H groups in total. The molecule has 0 aliphatic heterocycles. The molecule has 6 heteroatoms. The number of ether oxygens (including phenoxy) is 2. The topological polar surface area (TPSA) is 64.6 Å². The van der Waals surface area contributed by atoms with Gasteiger partial charge in [0.1, 0.15) is 5.75 Å². The van der Waals surface area contributed by atoms with Gasteiger partial charge >= 0.3 is 5.97 Å². The molecule has 0 unspecified atom stereocenters. The summed E-state index contributed by atoms with van der Waals surface area (Å²) in [4.78, 5) is 23.6. The molecular weight excluding hydrogens is 362 g/mol. The molecule has 0 spiro atoms. The van der Waals surface area contributed by atoms with Gasteiger partial charge in [-0.15, -0.1) is 0 Å². The van der Waals surface area contributed by atoms with Crippen LogP contribution in [-0.4, -0.2) is 25.1 Å². The fourth-order valence-electron chi connectivity index (χ4n) is 1.83. The van der Waals surface area contributed by atoms with E-state index < -0.39 is 11.9 Å². The van der Waals surface area contributed by atoms with Crippen molar-refractivity contribution in [3.8, 4) is 5.75 Å². The SMILES string of the molecule is CCOc1ccc(C(=O)OCC(=O)Nc2cccc(Br)c2)cc1. The molecule has 0 aliphatic carbocycles. The molecule has 120 valence electrons. The summed E-state index contributed by atoms with van der Waals surface area (Å²) in [5.74, 6) is -0.281. The number of benzene rings is 2. The van der Waals surface area contributed by atoms with Crippen LogP contribution in [0.25, 0.3) is 0 Å². The van der Waals surface area contributed by atoms with Crippen LogP contribution in [0.2, 0.25) is 0 Å². The molecule has 2 aromatic carbocycles. The predicted octanol–water partition coefficient (Wildman–Crippen LogP) is 3.64. The summed E-state index contributed by atoms with van der Waals surface area (Å²) in [6.45, 7) is 2.09. The lowest BCUT2D eigenvalue weighted by atomic mass is 10.2. The van der Waals surface area contributed by atoms with Crippen molar-refractivity contribution in [2.24, 2.45) is 0 Å². The maximum Gasteiger partial charge on any atom is 0.338 e. The van der Waals surface area contributed by atoms with E-state index in [4.69, 9.17) is 9.47 Å². The van der Waals surface area contributed by atoms with E-state index in [1.807, 2.05) is 13.0 Å². The number of hydrogen-bond acceptors (Lipinski definition) is 4. The van der Waals surface area contributed by atoms with E-state index in [-0.39, 0.29) is 6.61 Å². The van der Waals surface area contributed by atoms with E-state index in [0.717, 1.165) is 4.47 Å². The van der Waals surface area contributed by atoms with Gasteiger partial charge in [0.05, 0.1) is 12.2 Å². The van der Waals surface area contributed by atoms with Crippen LogP contribution in [-0.2, 0) is 9.53 Å². The second-order valence-electron chi connectivity index (χ2n) is 4.59. The van der Waals surface area contributed by atoms with Crippen LogP contribution in [0.4, 0.5) is 5.69 Å². The Labute approximate surface area is 142 Å². The number of rotatable bonds is 6. The number of esters is 1. The Bertz CT molecular complexity index is 685. The Kier molecular flexibility index (Phi) is 6.17. The van der Waals surface area contributed by atoms with Crippen LogP contribution >= 0.6 is 15.9 Å². The molecule has 23 heavy (non-hydrogen) atoms. The van der Waals surface area contributed by atoms with Crippen LogP contribution in [0.1, 0.15) is 17.3 Å². The molecule has 2 rings (SSSR count). The zero-order valence-electron chi connectivity index (χ0n) is 12.5. The third-order valence-electron chi connectivity index (χ3n) is 2.84. The van der Waals surface area contributed by atoms with Gasteiger partial charge in [-0.25, -0.2) is 4.79 Å². The van der Waals surface area contributed by atoms with Crippen LogP contribution in [0.3, 0.4) is 0 Å². The van der Waals surface area contributed by atoms with Crippen molar-refractivity contribution in [2.75, 3.05) is 18.5 Å². The largest absolute Gasteiger partial charge is 0.494 e. The second kappa shape index (κ2) is 8.33. The van der Waals surface area contributed by atoms with Crippen LogP contribution in [0.5, 0.6) is 5.75 Å². The average molecular weight is 378 g/mol. The number of amides is 1. The van der Waals surface area contributed by atoms with Gasteiger partial charge in [0.2, 0.25) is 0 Å². The maximum atomic E-state index is 11.9. The van der Waals surface area contributed by atoms with Crippen molar-refractivity contribution in [1.29, 1.82) is 0 Å². The molecule has 0 aromatic heterocycles. The van der Waals surface area contributed by atoms with Crippen LogP contribution in [0.15, 0.2) is 53.0 Å². The first-order valence-corrected chi connectivity index (χ1v) is 7.83. The van der Waals surface area contributed by atoms with Gasteiger partial charge in [-0.3, -0.25) is 4.79 Å². The Hall–Kier alpha value is -2.34. The maximum absolute atomic E-state index is 11.9. The lowest BCUT2D eigenvalue weighted by Crippen LogP contribution is -2.20. The standard InChI is InChI=1S/C17H16BrNO4/c1-2-22-15-8-6-12(7-9-15)17(21)23-11-16(20)19-14-5-3-4-13(18)10-14/h3-10H,2,11H2,1H3,(H,19,20). The van der Waals surface area contributed by atoms with Crippen molar-refractivity contribution in [3.63, 3.8) is 0 Å². The molecule has 0 fully saturated rings. The van der Waals surface area contributed by atoms with Gasteiger partial charge in [-0.05, 0) is 49.4 Å². The molecular formula is C17H16BrNO4. The lowest BCUT2D eigenvalue weighted by Gasteiger charge is -2.07. The number of carbonyl (C=O) groups excluding carboxylic acids is 2. The van der Waals surface area contributed by atoms with E-state index in [2.05, 4.69) is 21.2 Å². The summed E-state index contributed by atoms with van der Waals surface area (Å²) < 4.78 is 11.1. The Morgan fingerprint density at radius 1 is 1.13 bits per heavy atom. The minimum atomic E-state index is -0.558. The third kappa shape index (κ3) is 5.41. The summed E-state index contributed by atoms with van der Waals surface area (Å²) in [6.07, 6.45) is 0. The average Bonchev–Trinajstić information content (AvgIpc) is 2.54. The molecule has 0 atom stereocenters. The van der Waals surface area contributed by atoms with Gasteiger partial charge in [-0.1, -0.05) is 22.0 Å². The normalized spacial score (nSPS) is 10.0. The van der Waals surface area contributed by atoms with Gasteiger partial charge in [0, 0.05) is 10.2 Å². The van der Waals surface area contributed by atoms with E-state index in [1.54, 1.807) is 42.5 Å². The molecule has 0 saturated heterocycles. The Balaban J connectivity index is 1.84. The van der Waals surface area contributed by atoms with Crippen LogP contribution < -0.4 is 10.1 Å². The Morgan fingerprint density at radius 2 is 1.87 bits per heavy atom. The zero-order valence-corrected chi connectivity index (χ0v) is 14.1. The van der Waals surface area contributed by atoms with Crippen LogP contribution in [0, 0.1) is 0 Å². The zero-order chi connectivity index (χ0) is 16.7. The highest BCUT2D eigenvalue weighted by atomic mass is 79.9. The third-order valence-corrected chi connectivity index (χ3v) is 3.34. The molecule has 2 aromatic rings. The highest BCUT2D eigenvalue weighted by molar-refractivity contribution is 9.10. The fourth-order valence-corrected chi connectivity index (χ4v) is 2.23. The van der Waals surface area contributed by atoms with Gasteiger partial charge in [-0.2, -0.15) is 0 Å². The predicted molar refractivity (Wildman–Crippen MR) is 90.7 cm³/mol. The van der Waals surface area contributed by atoms with Gasteiger partial charge < -0.3 is 14.8 Å². The summed E-state index contributed by atoms with van der Waals surface area (Å²) in [6, 6.07) is 13.7. The summed E-state index contributed by atoms with van der Waals surface area (Å²) in [7, 11) is 0. The molecule has 0 radical (unpaired) electrons. The van der Waals surface area contributed by atoms with Gasteiger partial charge in [0.15, 0.2) is 6.61 Å². The molecule has 0 heterocycles. The minimum absolute atomic E-state index is 0.349.